The molecular weight excluding hydrogens is 352 g/mol. The Balaban J connectivity index is 0.000000568. The zero-order valence-electron chi connectivity index (χ0n) is 19.1. The van der Waals surface area contributed by atoms with Crippen molar-refractivity contribution in [1.29, 1.82) is 0 Å². The van der Waals surface area contributed by atoms with Crippen molar-refractivity contribution in [2.75, 3.05) is 0 Å². The minimum Gasteiger partial charge on any atom is -0.393 e. The van der Waals surface area contributed by atoms with Crippen LogP contribution in [-0.2, 0) is 0 Å². The van der Waals surface area contributed by atoms with Crippen LogP contribution < -0.4 is 0 Å². The van der Waals surface area contributed by atoms with Crippen LogP contribution in [-0.4, -0.2) is 11.2 Å². The number of rotatable bonds is 0. The van der Waals surface area contributed by atoms with Crippen LogP contribution in [0.4, 0.5) is 0 Å². The monoisotopic (exact) mass is 402 g/mol. The molecule has 5 aliphatic rings. The summed E-state index contributed by atoms with van der Waals surface area (Å²) in [4.78, 5) is 0. The highest BCUT2D eigenvalue weighted by Gasteiger charge is 2.62. The fraction of sp³-hybridized carbons (Fsp3) is 0.929. The first-order chi connectivity index (χ1) is 13.4. The summed E-state index contributed by atoms with van der Waals surface area (Å²) in [7, 11) is 0. The Bertz CT molecular complexity index is 569. The third-order valence-corrected chi connectivity index (χ3v) is 10.9. The SMILES string of the molecule is C.C=CC.CC1C(O)CCC2(C)C1CCC1(C)C3CCC4CCC[C@@H]4C3CCC21. The molecule has 5 fully saturated rings. The summed E-state index contributed by atoms with van der Waals surface area (Å²) in [6.07, 6.45) is 17.6. The molecule has 0 bridgehead atoms. The number of hydrogen-bond donors (Lipinski definition) is 1. The molecule has 5 rings (SSSR count). The average Bonchev–Trinajstić information content (AvgIpc) is 3.15. The summed E-state index contributed by atoms with van der Waals surface area (Å²) in [5.41, 5.74) is 1.10. The van der Waals surface area contributed by atoms with Gasteiger partial charge in [-0.05, 0) is 117 Å². The van der Waals surface area contributed by atoms with E-state index in [0.29, 0.717) is 16.7 Å². The Morgan fingerprint density at radius 2 is 1.48 bits per heavy atom. The van der Waals surface area contributed by atoms with Crippen LogP contribution in [0.2, 0.25) is 0 Å². The van der Waals surface area contributed by atoms with Crippen molar-refractivity contribution < 1.29 is 5.11 Å². The van der Waals surface area contributed by atoms with Crippen LogP contribution in [0.15, 0.2) is 12.7 Å². The lowest BCUT2D eigenvalue weighted by Crippen LogP contribution is -2.60. The van der Waals surface area contributed by atoms with E-state index < -0.39 is 0 Å². The molecule has 9 unspecified atom stereocenters. The van der Waals surface area contributed by atoms with E-state index in [1.54, 1.807) is 25.3 Å². The van der Waals surface area contributed by atoms with Gasteiger partial charge in [-0.2, -0.15) is 0 Å². The predicted octanol–water partition coefficient (Wildman–Crippen LogP) is 7.88. The zero-order valence-corrected chi connectivity index (χ0v) is 19.1. The predicted molar refractivity (Wildman–Crippen MR) is 126 cm³/mol. The smallest absolute Gasteiger partial charge is 0.0568 e. The lowest BCUT2D eigenvalue weighted by atomic mass is 9.38. The molecule has 1 heteroatoms. The van der Waals surface area contributed by atoms with E-state index >= 15 is 0 Å². The second kappa shape index (κ2) is 8.68. The highest BCUT2D eigenvalue weighted by atomic mass is 16.3. The number of allylic oxidation sites excluding steroid dienone is 1. The fourth-order valence-corrected chi connectivity index (χ4v) is 9.79. The third kappa shape index (κ3) is 3.56. The van der Waals surface area contributed by atoms with Gasteiger partial charge in [0.05, 0.1) is 6.10 Å². The molecule has 0 heterocycles. The standard InChI is InChI=1S/C24H40O.C3H6.CH4/c1-15-19-11-13-24(3)20-9-7-16-5-4-6-17(16)18(20)8-10-22(24)23(19,2)14-12-21(15)25;1-3-2;/h15-22,25H,4-14H2,1-3H3;3H,1H2,2H3;1H4/t15?,16?,17-,18?,19?,20?,21?,22?,23?,24?;;/m0../s1. The minimum absolute atomic E-state index is 0. The first-order valence-corrected chi connectivity index (χ1v) is 12.6. The molecule has 5 aliphatic carbocycles. The summed E-state index contributed by atoms with van der Waals surface area (Å²) in [5, 5.41) is 10.5. The Hall–Kier alpha value is -0.300. The molecule has 0 aromatic rings. The molecule has 0 aromatic heterocycles. The van der Waals surface area contributed by atoms with Gasteiger partial charge >= 0.3 is 0 Å². The molecule has 0 aliphatic heterocycles. The molecule has 10 atom stereocenters. The molecule has 0 amide bonds. The summed E-state index contributed by atoms with van der Waals surface area (Å²) in [6.45, 7) is 13.0. The number of aliphatic hydroxyl groups excluding tert-OH is 1. The van der Waals surface area contributed by atoms with Gasteiger partial charge in [0.1, 0.15) is 0 Å². The van der Waals surface area contributed by atoms with Gasteiger partial charge in [-0.3, -0.25) is 0 Å². The lowest BCUT2D eigenvalue weighted by Gasteiger charge is -2.67. The third-order valence-electron chi connectivity index (χ3n) is 10.9. The van der Waals surface area contributed by atoms with Gasteiger partial charge in [-0.15, -0.1) is 6.58 Å². The Kier molecular flexibility index (Phi) is 6.99. The maximum Gasteiger partial charge on any atom is 0.0568 e. The van der Waals surface area contributed by atoms with E-state index in [4.69, 9.17) is 0 Å². The highest BCUT2D eigenvalue weighted by Crippen LogP contribution is 2.70. The van der Waals surface area contributed by atoms with E-state index in [2.05, 4.69) is 27.4 Å². The molecule has 1 N–H and O–H groups in total. The normalized spacial score (nSPS) is 53.0. The maximum atomic E-state index is 10.5. The molecule has 1 nitrogen and oxygen atoms in total. The van der Waals surface area contributed by atoms with Crippen LogP contribution in [0.1, 0.15) is 106 Å². The van der Waals surface area contributed by atoms with Gasteiger partial charge in [-0.1, -0.05) is 47.1 Å². The van der Waals surface area contributed by atoms with E-state index in [1.165, 1.54) is 44.9 Å². The first kappa shape index (κ1) is 23.4. The van der Waals surface area contributed by atoms with Crippen molar-refractivity contribution in [2.45, 2.75) is 112 Å². The lowest BCUT2D eigenvalue weighted by molar-refractivity contribution is -0.188. The second-order valence-electron chi connectivity index (χ2n) is 11.9. The summed E-state index contributed by atoms with van der Waals surface area (Å²) in [5.74, 6) is 6.49. The van der Waals surface area contributed by atoms with Crippen molar-refractivity contribution in [3.05, 3.63) is 12.7 Å². The topological polar surface area (TPSA) is 20.2 Å². The second-order valence-corrected chi connectivity index (χ2v) is 11.9. The molecule has 0 saturated heterocycles. The van der Waals surface area contributed by atoms with Crippen molar-refractivity contribution in [3.8, 4) is 0 Å². The van der Waals surface area contributed by atoms with Crippen molar-refractivity contribution in [1.82, 2.24) is 0 Å². The van der Waals surface area contributed by atoms with Gasteiger partial charge in [0.2, 0.25) is 0 Å². The fourth-order valence-electron chi connectivity index (χ4n) is 9.79. The number of hydrogen-bond acceptors (Lipinski definition) is 1. The molecule has 29 heavy (non-hydrogen) atoms. The summed E-state index contributed by atoms with van der Waals surface area (Å²) in [6, 6.07) is 0. The van der Waals surface area contributed by atoms with Crippen LogP contribution in [0.5, 0.6) is 0 Å². The van der Waals surface area contributed by atoms with Gasteiger partial charge in [0, 0.05) is 0 Å². The molecule has 168 valence electrons. The van der Waals surface area contributed by atoms with Gasteiger partial charge in [0.15, 0.2) is 0 Å². The van der Waals surface area contributed by atoms with Crippen molar-refractivity contribution in [2.24, 2.45) is 52.3 Å². The largest absolute Gasteiger partial charge is 0.393 e. The molecular formula is C28H50O. The average molecular weight is 403 g/mol. The van der Waals surface area contributed by atoms with Gasteiger partial charge in [-0.25, -0.2) is 0 Å². The van der Waals surface area contributed by atoms with Crippen LogP contribution in [0.25, 0.3) is 0 Å². The van der Waals surface area contributed by atoms with Crippen LogP contribution >= 0.6 is 0 Å². The Morgan fingerprint density at radius 3 is 2.21 bits per heavy atom. The number of fused-ring (bicyclic) bond motifs is 7. The quantitative estimate of drug-likeness (QED) is 0.408. The first-order valence-electron chi connectivity index (χ1n) is 12.6. The summed E-state index contributed by atoms with van der Waals surface area (Å²) >= 11 is 0. The highest BCUT2D eigenvalue weighted by molar-refractivity contribution is 5.11. The molecule has 5 saturated carbocycles. The van der Waals surface area contributed by atoms with Crippen LogP contribution in [0.3, 0.4) is 0 Å². The maximum absolute atomic E-state index is 10.5. The van der Waals surface area contributed by atoms with E-state index in [9.17, 15) is 5.11 Å². The van der Waals surface area contributed by atoms with E-state index in [-0.39, 0.29) is 13.5 Å². The molecule has 0 aromatic carbocycles. The van der Waals surface area contributed by atoms with Gasteiger partial charge < -0.3 is 5.11 Å². The van der Waals surface area contributed by atoms with E-state index in [0.717, 1.165) is 41.9 Å². The molecule has 0 radical (unpaired) electrons. The van der Waals surface area contributed by atoms with Crippen molar-refractivity contribution in [3.63, 3.8) is 0 Å². The molecule has 0 spiro atoms. The minimum atomic E-state index is -0.0345. The number of aliphatic hydroxyl groups is 1. The Morgan fingerprint density at radius 1 is 0.828 bits per heavy atom. The van der Waals surface area contributed by atoms with Crippen LogP contribution in [0, 0.1) is 52.3 Å². The Labute approximate surface area is 182 Å². The van der Waals surface area contributed by atoms with Crippen molar-refractivity contribution >= 4 is 0 Å². The van der Waals surface area contributed by atoms with E-state index in [1.807, 2.05) is 6.92 Å². The summed E-state index contributed by atoms with van der Waals surface area (Å²) < 4.78 is 0. The zero-order chi connectivity index (χ0) is 20.1. The van der Waals surface area contributed by atoms with Gasteiger partial charge in [0.25, 0.3) is 0 Å².